The van der Waals surface area contributed by atoms with Crippen LogP contribution in [0.2, 0.25) is 0 Å². The fourth-order valence-corrected chi connectivity index (χ4v) is 4.25. The highest BCUT2D eigenvalue weighted by Crippen LogP contribution is 2.54. The van der Waals surface area contributed by atoms with Crippen LogP contribution < -0.4 is 5.32 Å². The molecule has 0 aliphatic heterocycles. The largest absolute Gasteiger partial charge is 0.379 e. The molecule has 1 aromatic rings. The van der Waals surface area contributed by atoms with E-state index >= 15 is 0 Å². The fraction of sp³-hybridized carbons (Fsp3) is 0.667. The monoisotopic (exact) mass is 291 g/mol. The molecule has 3 rings (SSSR count). The number of ether oxygens (including phenoxy) is 1. The van der Waals surface area contributed by atoms with Gasteiger partial charge in [0.2, 0.25) is 0 Å². The van der Waals surface area contributed by atoms with Crippen LogP contribution in [-0.2, 0) is 4.74 Å². The Morgan fingerprint density at radius 1 is 1.29 bits per heavy atom. The van der Waals surface area contributed by atoms with Gasteiger partial charge < -0.3 is 10.1 Å². The quantitative estimate of drug-likeness (QED) is 0.870. The van der Waals surface area contributed by atoms with Crippen molar-refractivity contribution in [1.82, 2.24) is 0 Å². The molecule has 0 heterocycles. The number of benzene rings is 1. The molecule has 116 valence electrons. The van der Waals surface area contributed by atoms with E-state index in [-0.39, 0.29) is 11.2 Å². The molecule has 0 amide bonds. The molecule has 1 spiro atoms. The first-order valence-corrected chi connectivity index (χ1v) is 8.30. The minimum absolute atomic E-state index is 0.138. The molecule has 0 saturated heterocycles. The van der Waals surface area contributed by atoms with Gasteiger partial charge in [-0.15, -0.1) is 0 Å². The normalized spacial score (nSPS) is 27.4. The Bertz CT molecular complexity index is 476. The van der Waals surface area contributed by atoms with Crippen molar-refractivity contribution >= 4 is 5.69 Å². The predicted octanol–water partition coefficient (Wildman–Crippen LogP) is 4.67. The number of hydrogen-bond donors (Lipinski definition) is 1. The van der Waals surface area contributed by atoms with Crippen LogP contribution in [0.1, 0.15) is 51.0 Å². The molecule has 1 aromatic carbocycles. The first kappa shape index (κ1) is 14.8. The highest BCUT2D eigenvalue weighted by atomic mass is 19.1. The van der Waals surface area contributed by atoms with Gasteiger partial charge in [-0.3, -0.25) is 0 Å². The van der Waals surface area contributed by atoms with E-state index in [1.165, 1.54) is 32.1 Å². The maximum Gasteiger partial charge on any atom is 0.146 e. The fourth-order valence-electron chi connectivity index (χ4n) is 4.25. The van der Waals surface area contributed by atoms with Gasteiger partial charge in [0.15, 0.2) is 0 Å². The summed E-state index contributed by atoms with van der Waals surface area (Å²) in [7, 11) is 0. The summed E-state index contributed by atoms with van der Waals surface area (Å²) < 4.78 is 20.0. The van der Waals surface area contributed by atoms with Crippen LogP contribution in [-0.4, -0.2) is 18.8 Å². The molecule has 0 bridgehead atoms. The Kier molecular flexibility index (Phi) is 4.21. The lowest BCUT2D eigenvalue weighted by atomic mass is 9.55. The molecule has 2 nitrogen and oxygen atoms in total. The van der Waals surface area contributed by atoms with Crippen molar-refractivity contribution in [2.75, 3.05) is 11.9 Å². The zero-order chi connectivity index (χ0) is 14.9. The van der Waals surface area contributed by atoms with Gasteiger partial charge in [0.1, 0.15) is 5.82 Å². The maximum atomic E-state index is 14.1. The lowest BCUT2D eigenvalue weighted by Crippen LogP contribution is -2.62. The summed E-state index contributed by atoms with van der Waals surface area (Å²) in [4.78, 5) is 0. The molecule has 2 saturated carbocycles. The molecule has 2 atom stereocenters. The second kappa shape index (κ2) is 5.96. The highest BCUT2D eigenvalue weighted by molar-refractivity contribution is 5.53. The van der Waals surface area contributed by atoms with Crippen LogP contribution in [0, 0.1) is 18.2 Å². The summed E-state index contributed by atoms with van der Waals surface area (Å²) in [6.45, 7) is 4.81. The van der Waals surface area contributed by atoms with Crippen molar-refractivity contribution in [3.63, 3.8) is 0 Å². The second-order valence-corrected chi connectivity index (χ2v) is 6.60. The van der Waals surface area contributed by atoms with Gasteiger partial charge in [-0.05, 0) is 44.7 Å². The van der Waals surface area contributed by atoms with Gasteiger partial charge in [0.05, 0.1) is 11.8 Å². The van der Waals surface area contributed by atoms with Crippen molar-refractivity contribution in [2.24, 2.45) is 5.41 Å². The molecule has 3 heteroatoms. The minimum atomic E-state index is -0.138. The van der Waals surface area contributed by atoms with Gasteiger partial charge in [0.25, 0.3) is 0 Å². The molecule has 1 N–H and O–H groups in total. The molecule has 2 aliphatic rings. The van der Waals surface area contributed by atoms with Gasteiger partial charge in [-0.2, -0.15) is 0 Å². The molecular weight excluding hydrogens is 265 g/mol. The Labute approximate surface area is 127 Å². The molecule has 0 radical (unpaired) electrons. The summed E-state index contributed by atoms with van der Waals surface area (Å²) in [5.41, 5.74) is 1.89. The second-order valence-electron chi connectivity index (χ2n) is 6.60. The summed E-state index contributed by atoms with van der Waals surface area (Å²) >= 11 is 0. The number of nitrogens with one attached hydrogen (secondary N) is 1. The molecule has 21 heavy (non-hydrogen) atoms. The number of rotatable bonds is 4. The van der Waals surface area contributed by atoms with E-state index in [9.17, 15) is 4.39 Å². The molecular formula is C18H26FNO. The lowest BCUT2D eigenvalue weighted by molar-refractivity contribution is -0.134. The average molecular weight is 291 g/mol. The molecule has 2 unspecified atom stereocenters. The van der Waals surface area contributed by atoms with Crippen LogP contribution in [0.5, 0.6) is 0 Å². The van der Waals surface area contributed by atoms with Crippen molar-refractivity contribution in [3.05, 3.63) is 29.6 Å². The van der Waals surface area contributed by atoms with E-state index in [1.54, 1.807) is 12.1 Å². The third kappa shape index (κ3) is 2.57. The van der Waals surface area contributed by atoms with Crippen molar-refractivity contribution in [2.45, 2.75) is 64.5 Å². The Morgan fingerprint density at radius 2 is 2.05 bits per heavy atom. The van der Waals surface area contributed by atoms with Gasteiger partial charge in [-0.25, -0.2) is 4.39 Å². The van der Waals surface area contributed by atoms with E-state index in [4.69, 9.17) is 4.74 Å². The number of anilines is 1. The minimum Gasteiger partial charge on any atom is -0.379 e. The summed E-state index contributed by atoms with van der Waals surface area (Å²) in [5, 5.41) is 3.51. The number of para-hydroxylation sites is 1. The van der Waals surface area contributed by atoms with Crippen molar-refractivity contribution in [1.29, 1.82) is 0 Å². The Morgan fingerprint density at radius 3 is 2.71 bits per heavy atom. The molecule has 0 aromatic heterocycles. The third-order valence-corrected chi connectivity index (χ3v) is 5.48. The van der Waals surface area contributed by atoms with Crippen molar-refractivity contribution in [3.8, 4) is 0 Å². The lowest BCUT2D eigenvalue weighted by Gasteiger charge is -2.58. The zero-order valence-electron chi connectivity index (χ0n) is 13.1. The number of halogens is 1. The van der Waals surface area contributed by atoms with Crippen LogP contribution in [0.3, 0.4) is 0 Å². The maximum absolute atomic E-state index is 14.1. The Balaban J connectivity index is 1.79. The highest BCUT2D eigenvalue weighted by Gasteiger charge is 2.55. The number of hydrogen-bond acceptors (Lipinski definition) is 2. The topological polar surface area (TPSA) is 21.3 Å². The predicted molar refractivity (Wildman–Crippen MR) is 84.1 cm³/mol. The van der Waals surface area contributed by atoms with E-state index in [0.29, 0.717) is 17.8 Å². The van der Waals surface area contributed by atoms with E-state index < -0.39 is 0 Å². The van der Waals surface area contributed by atoms with Gasteiger partial charge in [-0.1, -0.05) is 31.4 Å². The van der Waals surface area contributed by atoms with Crippen molar-refractivity contribution < 1.29 is 9.13 Å². The third-order valence-electron chi connectivity index (χ3n) is 5.48. The van der Waals surface area contributed by atoms with E-state index in [2.05, 4.69) is 12.2 Å². The first-order valence-electron chi connectivity index (χ1n) is 8.30. The summed E-state index contributed by atoms with van der Waals surface area (Å²) in [6, 6.07) is 5.64. The smallest absolute Gasteiger partial charge is 0.146 e. The number of aryl methyl sites for hydroxylation is 1. The first-order chi connectivity index (χ1) is 10.2. The van der Waals surface area contributed by atoms with Gasteiger partial charge >= 0.3 is 0 Å². The molecule has 2 fully saturated rings. The average Bonchev–Trinajstić information content (AvgIpc) is 2.50. The summed E-state index contributed by atoms with van der Waals surface area (Å²) in [6.07, 6.45) is 7.65. The summed E-state index contributed by atoms with van der Waals surface area (Å²) in [5.74, 6) is -0.138. The zero-order valence-corrected chi connectivity index (χ0v) is 13.1. The SMILES string of the molecule is CCOC1CC(Nc2c(C)cccc2F)C12CCCCC2. The van der Waals surface area contributed by atoms with Crippen LogP contribution >= 0.6 is 0 Å². The molecule has 2 aliphatic carbocycles. The Hall–Kier alpha value is -1.09. The van der Waals surface area contributed by atoms with Crippen LogP contribution in [0.4, 0.5) is 10.1 Å². The van der Waals surface area contributed by atoms with E-state index in [1.807, 2.05) is 13.0 Å². The van der Waals surface area contributed by atoms with Crippen LogP contribution in [0.15, 0.2) is 18.2 Å². The van der Waals surface area contributed by atoms with E-state index in [0.717, 1.165) is 18.6 Å². The standard InChI is InChI=1S/C18H26FNO/c1-3-21-16-12-15(18(16)10-5-4-6-11-18)20-17-13(2)8-7-9-14(17)19/h7-9,15-16,20H,3-6,10-12H2,1-2H3. The van der Waals surface area contributed by atoms with Gasteiger partial charge in [0, 0.05) is 18.1 Å². The van der Waals surface area contributed by atoms with Crippen LogP contribution in [0.25, 0.3) is 0 Å².